The quantitative estimate of drug-likeness (QED) is 0.535. The van der Waals surface area contributed by atoms with Crippen LogP contribution in [-0.2, 0) is 7.05 Å². The average Bonchev–Trinajstić information content (AvgIpc) is 1.82. The lowest BCUT2D eigenvalue weighted by molar-refractivity contribution is 0.696. The Balaban J connectivity index is 3.46. The standard InChI is InChI=1S/C6H9N3O/c1-4-3-5(7)6(10)9(2)8-4/h3H,7H2,1-2H3. The molecule has 1 aromatic heterocycles. The van der Waals surface area contributed by atoms with Gasteiger partial charge in [0.05, 0.1) is 5.69 Å². The Hall–Kier alpha value is -1.32. The summed E-state index contributed by atoms with van der Waals surface area (Å²) >= 11 is 0. The van der Waals surface area contributed by atoms with Gasteiger partial charge in [0.1, 0.15) is 5.69 Å². The van der Waals surface area contributed by atoms with Gasteiger partial charge in [-0.25, -0.2) is 4.68 Å². The molecular weight excluding hydrogens is 130 g/mol. The normalized spacial score (nSPS) is 9.80. The Morgan fingerprint density at radius 1 is 1.70 bits per heavy atom. The van der Waals surface area contributed by atoms with Gasteiger partial charge in [0, 0.05) is 7.05 Å². The number of nitrogens with two attached hydrogens (primary N) is 1. The molecule has 0 bridgehead atoms. The zero-order valence-corrected chi connectivity index (χ0v) is 5.96. The number of aromatic nitrogens is 2. The summed E-state index contributed by atoms with van der Waals surface area (Å²) in [6.07, 6.45) is 0. The molecular formula is C6H9N3O. The number of rotatable bonds is 0. The lowest BCUT2D eigenvalue weighted by atomic mass is 10.4. The van der Waals surface area contributed by atoms with Gasteiger partial charge >= 0.3 is 0 Å². The number of aryl methyl sites for hydroxylation is 2. The van der Waals surface area contributed by atoms with Gasteiger partial charge in [0.15, 0.2) is 0 Å². The monoisotopic (exact) mass is 139 g/mol. The van der Waals surface area contributed by atoms with Gasteiger partial charge < -0.3 is 5.73 Å². The summed E-state index contributed by atoms with van der Waals surface area (Å²) in [7, 11) is 1.58. The highest BCUT2D eigenvalue weighted by Crippen LogP contribution is 1.92. The Morgan fingerprint density at radius 2 is 2.30 bits per heavy atom. The molecule has 0 aromatic carbocycles. The van der Waals surface area contributed by atoms with E-state index in [1.807, 2.05) is 0 Å². The maximum Gasteiger partial charge on any atom is 0.289 e. The summed E-state index contributed by atoms with van der Waals surface area (Å²) in [5.41, 5.74) is 6.10. The van der Waals surface area contributed by atoms with Crippen molar-refractivity contribution in [1.82, 2.24) is 9.78 Å². The molecule has 0 atom stereocenters. The van der Waals surface area contributed by atoms with Gasteiger partial charge in [-0.3, -0.25) is 4.79 Å². The number of hydrogen-bond donors (Lipinski definition) is 1. The van der Waals surface area contributed by atoms with Crippen LogP contribution < -0.4 is 11.3 Å². The van der Waals surface area contributed by atoms with Gasteiger partial charge in [0.2, 0.25) is 0 Å². The number of nitrogens with zero attached hydrogens (tertiary/aromatic N) is 2. The minimum Gasteiger partial charge on any atom is -0.394 e. The van der Waals surface area contributed by atoms with Crippen LogP contribution in [0, 0.1) is 6.92 Å². The van der Waals surface area contributed by atoms with Crippen molar-refractivity contribution < 1.29 is 0 Å². The first kappa shape index (κ1) is 6.80. The van der Waals surface area contributed by atoms with E-state index in [0.29, 0.717) is 0 Å². The van der Waals surface area contributed by atoms with E-state index in [4.69, 9.17) is 5.73 Å². The molecule has 0 spiro atoms. The van der Waals surface area contributed by atoms with Gasteiger partial charge in [-0.2, -0.15) is 5.10 Å². The molecule has 0 saturated heterocycles. The second-order valence-electron chi connectivity index (χ2n) is 2.17. The maximum absolute atomic E-state index is 10.9. The summed E-state index contributed by atoms with van der Waals surface area (Å²) in [6.45, 7) is 1.79. The van der Waals surface area contributed by atoms with Crippen molar-refractivity contribution in [2.45, 2.75) is 6.92 Å². The minimum absolute atomic E-state index is 0.245. The molecule has 10 heavy (non-hydrogen) atoms. The van der Waals surface area contributed by atoms with E-state index in [0.717, 1.165) is 5.69 Å². The molecule has 2 N–H and O–H groups in total. The predicted molar refractivity (Wildman–Crippen MR) is 38.6 cm³/mol. The topological polar surface area (TPSA) is 60.9 Å². The van der Waals surface area contributed by atoms with Crippen LogP contribution in [0.25, 0.3) is 0 Å². The Kier molecular flexibility index (Phi) is 1.45. The van der Waals surface area contributed by atoms with E-state index in [2.05, 4.69) is 5.10 Å². The first-order valence-electron chi connectivity index (χ1n) is 2.91. The van der Waals surface area contributed by atoms with Crippen LogP contribution in [-0.4, -0.2) is 9.78 Å². The van der Waals surface area contributed by atoms with Crippen LogP contribution in [0.1, 0.15) is 5.69 Å². The SMILES string of the molecule is Cc1cc(N)c(=O)n(C)n1. The largest absolute Gasteiger partial charge is 0.394 e. The van der Waals surface area contributed by atoms with Gasteiger partial charge in [-0.1, -0.05) is 0 Å². The third kappa shape index (κ3) is 1.00. The van der Waals surface area contributed by atoms with Crippen LogP contribution in [0.2, 0.25) is 0 Å². The summed E-state index contributed by atoms with van der Waals surface area (Å²) in [6, 6.07) is 1.56. The van der Waals surface area contributed by atoms with Crippen LogP contribution in [0.4, 0.5) is 5.69 Å². The fourth-order valence-corrected chi connectivity index (χ4v) is 0.784. The first-order chi connectivity index (χ1) is 4.61. The highest BCUT2D eigenvalue weighted by molar-refractivity contribution is 5.34. The van der Waals surface area contributed by atoms with Crippen molar-refractivity contribution in [2.24, 2.45) is 7.05 Å². The summed E-state index contributed by atoms with van der Waals surface area (Å²) in [5, 5.41) is 3.86. The van der Waals surface area contributed by atoms with Crippen molar-refractivity contribution in [3.63, 3.8) is 0 Å². The molecule has 0 unspecified atom stereocenters. The Labute approximate surface area is 58.3 Å². The van der Waals surface area contributed by atoms with Crippen molar-refractivity contribution in [3.8, 4) is 0 Å². The molecule has 4 heteroatoms. The van der Waals surface area contributed by atoms with E-state index < -0.39 is 0 Å². The maximum atomic E-state index is 10.9. The minimum atomic E-state index is -0.245. The van der Waals surface area contributed by atoms with Gasteiger partial charge in [0.25, 0.3) is 5.56 Å². The fourth-order valence-electron chi connectivity index (χ4n) is 0.784. The lowest BCUT2D eigenvalue weighted by Gasteiger charge is -1.98. The molecule has 0 saturated carbocycles. The molecule has 0 aliphatic rings. The number of nitrogen functional groups attached to an aromatic ring is 1. The molecule has 1 aromatic rings. The van der Waals surface area contributed by atoms with Crippen LogP contribution in [0.3, 0.4) is 0 Å². The van der Waals surface area contributed by atoms with E-state index in [1.165, 1.54) is 4.68 Å². The third-order valence-corrected chi connectivity index (χ3v) is 1.21. The van der Waals surface area contributed by atoms with Crippen LogP contribution >= 0.6 is 0 Å². The van der Waals surface area contributed by atoms with E-state index in [9.17, 15) is 4.79 Å². The third-order valence-electron chi connectivity index (χ3n) is 1.21. The molecule has 4 nitrogen and oxygen atoms in total. The summed E-state index contributed by atoms with van der Waals surface area (Å²) in [5.74, 6) is 0. The predicted octanol–water partition coefficient (Wildman–Crippen LogP) is -0.329. The summed E-state index contributed by atoms with van der Waals surface area (Å²) < 4.78 is 1.23. The first-order valence-corrected chi connectivity index (χ1v) is 2.91. The zero-order valence-electron chi connectivity index (χ0n) is 5.96. The van der Waals surface area contributed by atoms with Crippen LogP contribution in [0.15, 0.2) is 10.9 Å². The van der Waals surface area contributed by atoms with Gasteiger partial charge in [-0.05, 0) is 13.0 Å². The average molecular weight is 139 g/mol. The van der Waals surface area contributed by atoms with E-state index >= 15 is 0 Å². The Bertz CT molecular complexity index is 276. The molecule has 0 amide bonds. The summed E-state index contributed by atoms with van der Waals surface area (Å²) in [4.78, 5) is 10.9. The van der Waals surface area contributed by atoms with Crippen molar-refractivity contribution >= 4 is 5.69 Å². The van der Waals surface area contributed by atoms with Crippen molar-refractivity contribution in [3.05, 3.63) is 22.1 Å². The van der Waals surface area contributed by atoms with Crippen molar-refractivity contribution in [2.75, 3.05) is 5.73 Å². The van der Waals surface area contributed by atoms with Gasteiger partial charge in [-0.15, -0.1) is 0 Å². The molecule has 0 aliphatic heterocycles. The number of hydrogen-bond acceptors (Lipinski definition) is 3. The van der Waals surface area contributed by atoms with E-state index in [1.54, 1.807) is 20.0 Å². The fraction of sp³-hybridized carbons (Fsp3) is 0.333. The molecule has 1 rings (SSSR count). The van der Waals surface area contributed by atoms with E-state index in [-0.39, 0.29) is 11.2 Å². The second-order valence-corrected chi connectivity index (χ2v) is 2.17. The lowest BCUT2D eigenvalue weighted by Crippen LogP contribution is -2.22. The zero-order chi connectivity index (χ0) is 7.72. The highest BCUT2D eigenvalue weighted by Gasteiger charge is 1.96. The Morgan fingerprint density at radius 3 is 2.80 bits per heavy atom. The second kappa shape index (κ2) is 2.13. The highest BCUT2D eigenvalue weighted by atomic mass is 16.1. The smallest absolute Gasteiger partial charge is 0.289 e. The molecule has 54 valence electrons. The number of anilines is 1. The van der Waals surface area contributed by atoms with Crippen molar-refractivity contribution in [1.29, 1.82) is 0 Å². The molecule has 0 radical (unpaired) electrons. The molecule has 0 fully saturated rings. The molecule has 0 aliphatic carbocycles. The molecule has 1 heterocycles. The van der Waals surface area contributed by atoms with Crippen LogP contribution in [0.5, 0.6) is 0 Å².